The van der Waals surface area contributed by atoms with Crippen molar-refractivity contribution in [3.8, 4) is 5.69 Å². The van der Waals surface area contributed by atoms with E-state index in [4.69, 9.17) is 4.98 Å². The molecule has 5 nitrogen and oxygen atoms in total. The number of hydrogen-bond donors (Lipinski definition) is 0. The van der Waals surface area contributed by atoms with Crippen molar-refractivity contribution in [2.24, 2.45) is 0 Å². The Morgan fingerprint density at radius 3 is 2.47 bits per heavy atom. The van der Waals surface area contributed by atoms with Gasteiger partial charge in [0.25, 0.3) is 11.5 Å². The number of rotatable bonds is 5. The van der Waals surface area contributed by atoms with Gasteiger partial charge in [-0.25, -0.2) is 4.98 Å². The third-order valence-corrected chi connectivity index (χ3v) is 8.42. The second-order valence-corrected chi connectivity index (χ2v) is 11.0. The Balaban J connectivity index is 1.54. The van der Waals surface area contributed by atoms with Crippen molar-refractivity contribution < 1.29 is 4.79 Å². The summed E-state index contributed by atoms with van der Waals surface area (Å²) in [5.74, 6) is 0.645. The Bertz CT molecular complexity index is 1420. The number of carbonyl (C=O) groups excluding carboxylic acids is 1. The summed E-state index contributed by atoms with van der Waals surface area (Å²) in [6.45, 7) is 2.05. The van der Waals surface area contributed by atoms with Crippen LogP contribution in [-0.2, 0) is 18.6 Å². The molecule has 34 heavy (non-hydrogen) atoms. The number of benzene rings is 2. The summed E-state index contributed by atoms with van der Waals surface area (Å²) in [7, 11) is 3.50. The van der Waals surface area contributed by atoms with Gasteiger partial charge in [0.15, 0.2) is 5.16 Å². The summed E-state index contributed by atoms with van der Waals surface area (Å²) < 4.78 is 1.78. The average molecular weight is 490 g/mol. The van der Waals surface area contributed by atoms with Gasteiger partial charge in [0.1, 0.15) is 4.83 Å². The van der Waals surface area contributed by atoms with E-state index in [-0.39, 0.29) is 11.5 Å². The molecule has 2 aromatic carbocycles. The van der Waals surface area contributed by atoms with Crippen LogP contribution < -0.4 is 5.56 Å². The molecule has 0 spiro atoms. The van der Waals surface area contributed by atoms with Crippen LogP contribution in [0.5, 0.6) is 0 Å². The molecule has 1 amide bonds. The standard InChI is InChI=1S/C27H27N3O2S2/c1-17-8-14-20(15-9-17)30-26(32)23-21-6-4-5-7-22(21)34-24(23)28-27(30)33-16-18-10-12-19(13-11-18)25(31)29(2)3/h8-15H,4-7,16H2,1-3H3. The van der Waals surface area contributed by atoms with Gasteiger partial charge < -0.3 is 4.90 Å². The lowest BCUT2D eigenvalue weighted by atomic mass is 9.97. The zero-order valence-electron chi connectivity index (χ0n) is 19.6. The van der Waals surface area contributed by atoms with Gasteiger partial charge in [0.05, 0.1) is 11.1 Å². The first-order chi connectivity index (χ1) is 16.4. The van der Waals surface area contributed by atoms with Crippen LogP contribution in [0.4, 0.5) is 0 Å². The minimum Gasteiger partial charge on any atom is -0.345 e. The lowest BCUT2D eigenvalue weighted by Crippen LogP contribution is -2.22. The van der Waals surface area contributed by atoms with E-state index in [1.54, 1.807) is 46.7 Å². The molecule has 7 heteroatoms. The number of amides is 1. The first-order valence-electron chi connectivity index (χ1n) is 11.5. The monoisotopic (exact) mass is 489 g/mol. The Labute approximate surface area is 207 Å². The van der Waals surface area contributed by atoms with E-state index in [0.29, 0.717) is 16.5 Å². The quantitative estimate of drug-likeness (QED) is 0.269. The molecule has 0 saturated carbocycles. The van der Waals surface area contributed by atoms with Gasteiger partial charge in [0, 0.05) is 30.3 Å². The van der Waals surface area contributed by atoms with Gasteiger partial charge in [0.2, 0.25) is 0 Å². The predicted molar refractivity (Wildman–Crippen MR) is 141 cm³/mol. The van der Waals surface area contributed by atoms with Crippen LogP contribution in [0.3, 0.4) is 0 Å². The van der Waals surface area contributed by atoms with Gasteiger partial charge in [-0.3, -0.25) is 14.2 Å². The first-order valence-corrected chi connectivity index (χ1v) is 13.3. The highest BCUT2D eigenvalue weighted by Crippen LogP contribution is 2.35. The van der Waals surface area contributed by atoms with E-state index in [1.807, 2.05) is 55.5 Å². The smallest absolute Gasteiger partial charge is 0.267 e. The molecule has 0 fully saturated rings. The van der Waals surface area contributed by atoms with Crippen LogP contribution in [0.25, 0.3) is 15.9 Å². The van der Waals surface area contributed by atoms with Crippen molar-refractivity contribution in [1.29, 1.82) is 0 Å². The molecular weight excluding hydrogens is 462 g/mol. The number of thiophene rings is 1. The molecule has 2 aromatic heterocycles. The summed E-state index contributed by atoms with van der Waals surface area (Å²) in [6.07, 6.45) is 4.32. The van der Waals surface area contributed by atoms with Crippen LogP contribution in [-0.4, -0.2) is 34.5 Å². The van der Waals surface area contributed by atoms with Crippen LogP contribution in [0.1, 0.15) is 44.8 Å². The van der Waals surface area contributed by atoms with Crippen molar-refractivity contribution in [3.05, 3.63) is 86.0 Å². The average Bonchev–Trinajstić information content (AvgIpc) is 3.22. The van der Waals surface area contributed by atoms with E-state index in [1.165, 1.54) is 16.9 Å². The largest absolute Gasteiger partial charge is 0.345 e. The molecule has 0 aliphatic heterocycles. The van der Waals surface area contributed by atoms with Crippen molar-refractivity contribution in [3.63, 3.8) is 0 Å². The lowest BCUT2D eigenvalue weighted by Gasteiger charge is -2.14. The highest BCUT2D eigenvalue weighted by Gasteiger charge is 2.23. The number of aryl methyl sites for hydroxylation is 3. The van der Waals surface area contributed by atoms with Gasteiger partial charge in [-0.15, -0.1) is 11.3 Å². The number of thioether (sulfide) groups is 1. The predicted octanol–water partition coefficient (Wildman–Crippen LogP) is 5.63. The van der Waals surface area contributed by atoms with Gasteiger partial charge in [-0.1, -0.05) is 41.6 Å². The molecule has 0 saturated heterocycles. The molecule has 0 atom stereocenters. The number of nitrogens with zero attached hydrogens (tertiary/aromatic N) is 3. The Morgan fingerprint density at radius 1 is 1.06 bits per heavy atom. The minimum atomic E-state index is -0.0128. The third kappa shape index (κ3) is 4.30. The molecule has 174 valence electrons. The fourth-order valence-electron chi connectivity index (χ4n) is 4.35. The molecular formula is C27H27N3O2S2. The van der Waals surface area contributed by atoms with Crippen LogP contribution >= 0.6 is 23.1 Å². The molecule has 1 aliphatic rings. The Hall–Kier alpha value is -2.90. The Kier molecular flexibility index (Phi) is 6.32. The van der Waals surface area contributed by atoms with Gasteiger partial charge in [-0.2, -0.15) is 0 Å². The van der Waals surface area contributed by atoms with E-state index in [0.717, 1.165) is 46.3 Å². The highest BCUT2D eigenvalue weighted by molar-refractivity contribution is 7.98. The van der Waals surface area contributed by atoms with E-state index >= 15 is 0 Å². The molecule has 2 heterocycles. The van der Waals surface area contributed by atoms with Crippen molar-refractivity contribution in [2.45, 2.75) is 43.5 Å². The normalized spacial score (nSPS) is 13.1. The van der Waals surface area contributed by atoms with E-state index < -0.39 is 0 Å². The van der Waals surface area contributed by atoms with Gasteiger partial charge in [-0.05, 0) is 68.0 Å². The van der Waals surface area contributed by atoms with E-state index in [9.17, 15) is 9.59 Å². The SMILES string of the molecule is Cc1ccc(-n2c(SCc3ccc(C(=O)N(C)C)cc3)nc3sc4c(c3c2=O)CCCC4)cc1. The fourth-order valence-corrected chi connectivity index (χ4v) is 6.63. The topological polar surface area (TPSA) is 55.2 Å². The zero-order valence-corrected chi connectivity index (χ0v) is 21.3. The number of aromatic nitrogens is 2. The minimum absolute atomic E-state index is 0.0128. The lowest BCUT2D eigenvalue weighted by molar-refractivity contribution is 0.0827. The summed E-state index contributed by atoms with van der Waals surface area (Å²) in [6, 6.07) is 15.7. The molecule has 0 unspecified atom stereocenters. The first kappa shape index (κ1) is 22.9. The highest BCUT2D eigenvalue weighted by atomic mass is 32.2. The van der Waals surface area contributed by atoms with Crippen molar-refractivity contribution in [2.75, 3.05) is 14.1 Å². The molecule has 0 radical (unpaired) electrons. The number of fused-ring (bicyclic) bond motifs is 3. The second kappa shape index (κ2) is 9.39. The molecule has 1 aliphatic carbocycles. The maximum absolute atomic E-state index is 13.8. The second-order valence-electron chi connectivity index (χ2n) is 8.95. The number of carbonyl (C=O) groups is 1. The summed E-state index contributed by atoms with van der Waals surface area (Å²) in [4.78, 5) is 34.8. The third-order valence-electron chi connectivity index (χ3n) is 6.23. The maximum Gasteiger partial charge on any atom is 0.267 e. The maximum atomic E-state index is 13.8. The van der Waals surface area contributed by atoms with Crippen LogP contribution in [0.15, 0.2) is 58.5 Å². The zero-order chi connectivity index (χ0) is 23.8. The molecule has 0 N–H and O–H groups in total. The molecule has 4 aromatic rings. The molecule has 0 bridgehead atoms. The Morgan fingerprint density at radius 2 is 1.76 bits per heavy atom. The van der Waals surface area contributed by atoms with E-state index in [2.05, 4.69) is 0 Å². The summed E-state index contributed by atoms with van der Waals surface area (Å²) >= 11 is 3.24. The summed E-state index contributed by atoms with van der Waals surface area (Å²) in [5, 5.41) is 1.50. The van der Waals surface area contributed by atoms with Crippen LogP contribution in [0, 0.1) is 6.92 Å². The van der Waals surface area contributed by atoms with Gasteiger partial charge >= 0.3 is 0 Å². The fraction of sp³-hybridized carbons (Fsp3) is 0.296. The number of hydrogen-bond acceptors (Lipinski definition) is 5. The van der Waals surface area contributed by atoms with Crippen molar-refractivity contribution in [1.82, 2.24) is 14.5 Å². The molecule has 5 rings (SSSR count). The van der Waals surface area contributed by atoms with Crippen LogP contribution in [0.2, 0.25) is 0 Å². The van der Waals surface area contributed by atoms with Crippen molar-refractivity contribution >= 4 is 39.2 Å². The summed E-state index contributed by atoms with van der Waals surface area (Å²) in [5.41, 5.74) is 4.98.